The van der Waals surface area contributed by atoms with Crippen molar-refractivity contribution in [3.63, 3.8) is 0 Å². The Hall–Kier alpha value is -0.670. The van der Waals surface area contributed by atoms with Gasteiger partial charge in [-0.05, 0) is 33.1 Å². The van der Waals surface area contributed by atoms with E-state index < -0.39 is 0 Å². The first kappa shape index (κ1) is 12.8. The van der Waals surface area contributed by atoms with Gasteiger partial charge in [-0.1, -0.05) is 18.2 Å². The second-order valence-corrected chi connectivity index (χ2v) is 6.11. The number of rotatable bonds is 4. The molecule has 2 atom stereocenters. The third-order valence-corrected chi connectivity index (χ3v) is 4.00. The van der Waals surface area contributed by atoms with E-state index in [1.165, 1.54) is 5.56 Å². The summed E-state index contributed by atoms with van der Waals surface area (Å²) in [6.07, 6.45) is 2.14. The number of para-hydroxylation sites is 1. The van der Waals surface area contributed by atoms with Crippen LogP contribution in [0.2, 0.25) is 0 Å². The quantitative estimate of drug-likeness (QED) is 0.887. The highest BCUT2D eigenvalue weighted by Crippen LogP contribution is 2.42. The van der Waals surface area contributed by atoms with Gasteiger partial charge in [-0.2, -0.15) is 11.8 Å². The van der Waals surface area contributed by atoms with Crippen molar-refractivity contribution >= 4 is 11.8 Å². The molecule has 0 fully saturated rings. The number of fused-ring (bicyclic) bond motifs is 1. The van der Waals surface area contributed by atoms with Crippen LogP contribution in [0, 0.1) is 0 Å². The molecule has 1 heterocycles. The summed E-state index contributed by atoms with van der Waals surface area (Å²) in [5, 5.41) is 3.68. The topological polar surface area (TPSA) is 21.3 Å². The summed E-state index contributed by atoms with van der Waals surface area (Å²) in [4.78, 5) is 0. The molecular formula is C14H21NOS. The van der Waals surface area contributed by atoms with Crippen LogP contribution in [0.3, 0.4) is 0 Å². The van der Waals surface area contributed by atoms with Crippen molar-refractivity contribution in [2.75, 3.05) is 12.0 Å². The monoisotopic (exact) mass is 251 g/mol. The zero-order valence-electron chi connectivity index (χ0n) is 11.0. The summed E-state index contributed by atoms with van der Waals surface area (Å²) in [5.41, 5.74) is 1.11. The normalized spacial score (nSPS) is 22.9. The lowest BCUT2D eigenvalue weighted by atomic mass is 9.94. The maximum absolute atomic E-state index is 6.02. The van der Waals surface area contributed by atoms with Gasteiger partial charge in [0.15, 0.2) is 0 Å². The lowest BCUT2D eigenvalue weighted by Crippen LogP contribution is -2.43. The highest BCUT2D eigenvalue weighted by Gasteiger charge is 2.41. The number of thioether (sulfide) groups is 1. The summed E-state index contributed by atoms with van der Waals surface area (Å²) in [5.74, 6) is 2.14. The fraction of sp³-hybridized carbons (Fsp3) is 0.571. The van der Waals surface area contributed by atoms with Crippen molar-refractivity contribution in [3.8, 4) is 5.75 Å². The minimum Gasteiger partial charge on any atom is -0.486 e. The van der Waals surface area contributed by atoms with Crippen molar-refractivity contribution in [3.05, 3.63) is 29.8 Å². The maximum atomic E-state index is 6.02. The molecule has 17 heavy (non-hydrogen) atoms. The Morgan fingerprint density at radius 1 is 1.41 bits per heavy atom. The fourth-order valence-corrected chi connectivity index (χ4v) is 3.00. The minimum atomic E-state index is -0.170. The number of ether oxygens (including phenoxy) is 1. The van der Waals surface area contributed by atoms with E-state index in [0.29, 0.717) is 6.04 Å². The van der Waals surface area contributed by atoms with Crippen molar-refractivity contribution < 1.29 is 4.74 Å². The molecular weight excluding hydrogens is 230 g/mol. The van der Waals surface area contributed by atoms with Crippen LogP contribution in [0.1, 0.15) is 32.4 Å². The first-order chi connectivity index (χ1) is 8.04. The molecule has 0 saturated heterocycles. The molecule has 2 nitrogen and oxygen atoms in total. The molecule has 0 bridgehead atoms. The van der Waals surface area contributed by atoms with Gasteiger partial charge in [0.2, 0.25) is 0 Å². The SMILES string of the molecule is CSCC(C)NC1c2ccccc2OC1(C)C. The van der Waals surface area contributed by atoms with E-state index >= 15 is 0 Å². The molecule has 0 spiro atoms. The molecule has 2 unspecified atom stereocenters. The van der Waals surface area contributed by atoms with Gasteiger partial charge in [0.25, 0.3) is 0 Å². The lowest BCUT2D eigenvalue weighted by Gasteiger charge is -2.29. The van der Waals surface area contributed by atoms with Gasteiger partial charge in [0.1, 0.15) is 11.4 Å². The number of hydrogen-bond donors (Lipinski definition) is 1. The number of hydrogen-bond acceptors (Lipinski definition) is 3. The van der Waals surface area contributed by atoms with Gasteiger partial charge >= 0.3 is 0 Å². The second kappa shape index (κ2) is 4.91. The second-order valence-electron chi connectivity index (χ2n) is 5.20. The molecule has 0 aromatic heterocycles. The molecule has 2 rings (SSSR count). The van der Waals surface area contributed by atoms with Crippen LogP contribution >= 0.6 is 11.8 Å². The minimum absolute atomic E-state index is 0.170. The summed E-state index contributed by atoms with van der Waals surface area (Å²) in [6.45, 7) is 6.53. The van der Waals surface area contributed by atoms with E-state index in [2.05, 4.69) is 50.5 Å². The van der Waals surface area contributed by atoms with Gasteiger partial charge in [-0.15, -0.1) is 0 Å². The molecule has 0 aliphatic carbocycles. The summed E-state index contributed by atoms with van der Waals surface area (Å²) < 4.78 is 6.02. The highest BCUT2D eigenvalue weighted by molar-refractivity contribution is 7.98. The van der Waals surface area contributed by atoms with Gasteiger partial charge in [0, 0.05) is 17.4 Å². The van der Waals surface area contributed by atoms with Crippen LogP contribution in [-0.4, -0.2) is 23.7 Å². The molecule has 1 aliphatic rings. The Morgan fingerprint density at radius 2 is 2.12 bits per heavy atom. The molecule has 1 aliphatic heterocycles. The van der Waals surface area contributed by atoms with E-state index in [1.807, 2.05) is 17.8 Å². The molecule has 0 amide bonds. The van der Waals surface area contributed by atoms with Crippen molar-refractivity contribution in [2.24, 2.45) is 0 Å². The Morgan fingerprint density at radius 3 is 2.82 bits per heavy atom. The molecule has 3 heteroatoms. The summed E-state index contributed by atoms with van der Waals surface area (Å²) >= 11 is 1.87. The predicted octanol–water partition coefficient (Wildman–Crippen LogP) is 3.24. The third kappa shape index (κ3) is 2.61. The first-order valence-electron chi connectivity index (χ1n) is 6.07. The Bertz CT molecular complexity index is 392. The van der Waals surface area contributed by atoms with Crippen LogP contribution < -0.4 is 10.1 Å². The predicted molar refractivity (Wildman–Crippen MR) is 74.9 cm³/mol. The summed E-state index contributed by atoms with van der Waals surface area (Å²) in [6, 6.07) is 9.09. The molecule has 0 saturated carbocycles. The van der Waals surface area contributed by atoms with Crippen molar-refractivity contribution in [2.45, 2.75) is 38.5 Å². The summed E-state index contributed by atoms with van der Waals surface area (Å²) in [7, 11) is 0. The molecule has 1 N–H and O–H groups in total. The smallest absolute Gasteiger partial charge is 0.125 e. The van der Waals surface area contributed by atoms with E-state index in [9.17, 15) is 0 Å². The zero-order valence-corrected chi connectivity index (χ0v) is 11.8. The van der Waals surface area contributed by atoms with Crippen LogP contribution in [0.25, 0.3) is 0 Å². The van der Waals surface area contributed by atoms with E-state index in [4.69, 9.17) is 4.74 Å². The van der Waals surface area contributed by atoms with Crippen LogP contribution in [-0.2, 0) is 0 Å². The van der Waals surface area contributed by atoms with Gasteiger partial charge < -0.3 is 10.1 Å². The lowest BCUT2D eigenvalue weighted by molar-refractivity contribution is 0.0931. The molecule has 1 aromatic carbocycles. The van der Waals surface area contributed by atoms with Gasteiger partial charge in [-0.25, -0.2) is 0 Å². The van der Waals surface area contributed by atoms with E-state index in [-0.39, 0.29) is 11.6 Å². The largest absolute Gasteiger partial charge is 0.486 e. The Labute approximate surface area is 108 Å². The molecule has 94 valence electrons. The van der Waals surface area contributed by atoms with Crippen molar-refractivity contribution in [1.82, 2.24) is 5.32 Å². The van der Waals surface area contributed by atoms with E-state index in [0.717, 1.165) is 11.5 Å². The van der Waals surface area contributed by atoms with Crippen molar-refractivity contribution in [1.29, 1.82) is 0 Å². The number of benzene rings is 1. The average molecular weight is 251 g/mol. The van der Waals surface area contributed by atoms with Gasteiger partial charge in [-0.3, -0.25) is 0 Å². The molecule has 1 aromatic rings. The fourth-order valence-electron chi connectivity index (χ4n) is 2.40. The Balaban J connectivity index is 2.19. The highest BCUT2D eigenvalue weighted by atomic mass is 32.2. The molecule has 0 radical (unpaired) electrons. The zero-order chi connectivity index (χ0) is 12.5. The maximum Gasteiger partial charge on any atom is 0.125 e. The van der Waals surface area contributed by atoms with Crippen LogP contribution in [0.4, 0.5) is 0 Å². The standard InChI is InChI=1S/C14H21NOS/c1-10(9-17-4)15-13-11-7-5-6-8-12(11)16-14(13,2)3/h5-8,10,13,15H,9H2,1-4H3. The Kier molecular flexibility index (Phi) is 3.69. The number of nitrogens with one attached hydrogen (secondary N) is 1. The van der Waals surface area contributed by atoms with Gasteiger partial charge in [0.05, 0.1) is 6.04 Å². The van der Waals surface area contributed by atoms with Crippen LogP contribution in [0.15, 0.2) is 24.3 Å². The average Bonchev–Trinajstić information content (AvgIpc) is 2.51. The van der Waals surface area contributed by atoms with Crippen LogP contribution in [0.5, 0.6) is 5.75 Å². The third-order valence-electron chi connectivity index (χ3n) is 3.17. The first-order valence-corrected chi connectivity index (χ1v) is 7.47. The van der Waals surface area contributed by atoms with E-state index in [1.54, 1.807) is 0 Å².